The summed E-state index contributed by atoms with van der Waals surface area (Å²) >= 11 is 0. The van der Waals surface area contributed by atoms with Crippen molar-refractivity contribution >= 4 is 28.7 Å². The number of nitrogens with zero attached hydrogens (tertiary/aromatic N) is 3. The SMILES string of the molecule is COc1ccc2c(c1)C(=O)N(C[C@@]1(c3cc4cc(-c5c(C)nn(C)c5C)ccc4o3)CC(=O)NC1=O)C2. The molecule has 1 atom stereocenters. The summed E-state index contributed by atoms with van der Waals surface area (Å²) < 4.78 is 13.3. The second-order valence-corrected chi connectivity index (χ2v) is 9.85. The Kier molecular flexibility index (Phi) is 5.01. The number of aromatic nitrogens is 2. The molecule has 0 radical (unpaired) electrons. The molecule has 1 saturated heterocycles. The van der Waals surface area contributed by atoms with Gasteiger partial charge in [-0.2, -0.15) is 5.10 Å². The molecule has 3 amide bonds. The molecule has 2 aromatic carbocycles. The Morgan fingerprint density at radius 2 is 1.92 bits per heavy atom. The lowest BCUT2D eigenvalue weighted by atomic mass is 9.82. The Bertz CT molecular complexity index is 1630. The Morgan fingerprint density at radius 3 is 2.59 bits per heavy atom. The second-order valence-electron chi connectivity index (χ2n) is 9.85. The number of furan rings is 1. The fraction of sp³-hybridized carbons (Fsp3) is 0.286. The van der Waals surface area contributed by atoms with E-state index >= 15 is 0 Å². The highest BCUT2D eigenvalue weighted by Gasteiger charge is 2.53. The fourth-order valence-electron chi connectivity index (χ4n) is 5.60. The van der Waals surface area contributed by atoms with Crippen LogP contribution < -0.4 is 10.1 Å². The van der Waals surface area contributed by atoms with Gasteiger partial charge in [-0.25, -0.2) is 0 Å². The molecule has 0 spiro atoms. The molecule has 37 heavy (non-hydrogen) atoms. The number of benzene rings is 2. The fourth-order valence-corrected chi connectivity index (χ4v) is 5.60. The average molecular weight is 499 g/mol. The summed E-state index contributed by atoms with van der Waals surface area (Å²) in [7, 11) is 3.46. The first kappa shape index (κ1) is 23.0. The Balaban J connectivity index is 1.40. The largest absolute Gasteiger partial charge is 0.497 e. The first-order valence-corrected chi connectivity index (χ1v) is 12.1. The molecule has 0 saturated carbocycles. The predicted octanol–water partition coefficient (Wildman–Crippen LogP) is 3.40. The molecule has 1 N–H and O–H groups in total. The van der Waals surface area contributed by atoms with E-state index in [1.807, 2.05) is 55.9 Å². The van der Waals surface area contributed by atoms with Crippen LogP contribution in [0.25, 0.3) is 22.1 Å². The van der Waals surface area contributed by atoms with E-state index in [-0.39, 0.29) is 18.9 Å². The van der Waals surface area contributed by atoms with Gasteiger partial charge in [-0.1, -0.05) is 12.1 Å². The van der Waals surface area contributed by atoms with E-state index in [0.717, 1.165) is 33.5 Å². The van der Waals surface area contributed by atoms with E-state index in [2.05, 4.69) is 10.4 Å². The maximum atomic E-state index is 13.3. The molecule has 188 valence electrons. The van der Waals surface area contributed by atoms with E-state index in [4.69, 9.17) is 9.15 Å². The van der Waals surface area contributed by atoms with E-state index in [9.17, 15) is 14.4 Å². The molecule has 0 aliphatic carbocycles. The van der Waals surface area contributed by atoms with Gasteiger partial charge in [0.2, 0.25) is 11.8 Å². The average Bonchev–Trinajstić information content (AvgIpc) is 3.58. The third-order valence-electron chi connectivity index (χ3n) is 7.59. The number of nitrogens with one attached hydrogen (secondary N) is 1. The van der Waals surface area contributed by atoms with Crippen LogP contribution in [0.3, 0.4) is 0 Å². The topological polar surface area (TPSA) is 107 Å². The molecular weight excluding hydrogens is 472 g/mol. The van der Waals surface area contributed by atoms with Crippen LogP contribution in [0, 0.1) is 13.8 Å². The summed E-state index contributed by atoms with van der Waals surface area (Å²) in [4.78, 5) is 40.6. The Labute approximate surface area is 213 Å². The molecule has 0 bridgehead atoms. The first-order chi connectivity index (χ1) is 17.7. The zero-order chi connectivity index (χ0) is 26.1. The van der Waals surface area contributed by atoms with Crippen LogP contribution in [0.1, 0.15) is 39.5 Å². The van der Waals surface area contributed by atoms with Crippen molar-refractivity contribution in [3.63, 3.8) is 0 Å². The van der Waals surface area contributed by atoms with Crippen molar-refractivity contribution in [1.29, 1.82) is 0 Å². The van der Waals surface area contributed by atoms with E-state index in [1.165, 1.54) is 0 Å². The molecule has 0 unspecified atom stereocenters. The molecule has 9 nitrogen and oxygen atoms in total. The van der Waals surface area contributed by atoms with Crippen LogP contribution in [-0.4, -0.2) is 46.1 Å². The van der Waals surface area contributed by atoms with Gasteiger partial charge in [0.1, 0.15) is 22.5 Å². The number of rotatable bonds is 5. The zero-order valence-corrected chi connectivity index (χ0v) is 21.0. The number of aryl methyl sites for hydroxylation is 2. The van der Waals surface area contributed by atoms with Crippen molar-refractivity contribution in [2.24, 2.45) is 7.05 Å². The van der Waals surface area contributed by atoms with Crippen molar-refractivity contribution in [2.45, 2.75) is 32.2 Å². The van der Waals surface area contributed by atoms with Crippen molar-refractivity contribution in [3.05, 3.63) is 70.7 Å². The normalized spacial score (nSPS) is 19.1. The smallest absolute Gasteiger partial charge is 0.254 e. The molecular formula is C28H26N4O5. The highest BCUT2D eigenvalue weighted by Crippen LogP contribution is 2.40. The predicted molar refractivity (Wildman–Crippen MR) is 135 cm³/mol. The van der Waals surface area contributed by atoms with Gasteiger partial charge in [0, 0.05) is 42.3 Å². The Hall–Kier alpha value is -4.40. The van der Waals surface area contributed by atoms with Crippen molar-refractivity contribution in [1.82, 2.24) is 20.0 Å². The maximum Gasteiger partial charge on any atom is 0.254 e. The maximum absolute atomic E-state index is 13.3. The summed E-state index contributed by atoms with van der Waals surface area (Å²) in [6.07, 6.45) is -0.0945. The summed E-state index contributed by atoms with van der Waals surface area (Å²) in [6.45, 7) is 4.35. The van der Waals surface area contributed by atoms with Gasteiger partial charge in [0.05, 0.1) is 19.2 Å². The molecule has 2 aliphatic rings. The highest BCUT2D eigenvalue weighted by molar-refractivity contribution is 6.10. The summed E-state index contributed by atoms with van der Waals surface area (Å²) in [5.41, 5.74) is 4.67. The lowest BCUT2D eigenvalue weighted by Crippen LogP contribution is -2.46. The van der Waals surface area contributed by atoms with Crippen LogP contribution in [-0.2, 0) is 28.6 Å². The van der Waals surface area contributed by atoms with Gasteiger partial charge >= 0.3 is 0 Å². The molecule has 2 aliphatic heterocycles. The minimum absolute atomic E-state index is 0.0217. The van der Waals surface area contributed by atoms with Crippen molar-refractivity contribution in [3.8, 4) is 16.9 Å². The first-order valence-electron chi connectivity index (χ1n) is 12.1. The van der Waals surface area contributed by atoms with Gasteiger partial charge in [-0.05, 0) is 55.3 Å². The van der Waals surface area contributed by atoms with Gasteiger partial charge in [0.15, 0.2) is 0 Å². The molecule has 2 aromatic heterocycles. The monoisotopic (exact) mass is 498 g/mol. The van der Waals surface area contributed by atoms with Crippen molar-refractivity contribution < 1.29 is 23.5 Å². The summed E-state index contributed by atoms with van der Waals surface area (Å²) in [5.74, 6) is -0.106. The number of amides is 3. The van der Waals surface area contributed by atoms with E-state index in [1.54, 1.807) is 24.1 Å². The minimum Gasteiger partial charge on any atom is -0.497 e. The third kappa shape index (κ3) is 3.45. The van der Waals surface area contributed by atoms with Crippen LogP contribution in [0.15, 0.2) is 46.9 Å². The summed E-state index contributed by atoms with van der Waals surface area (Å²) in [5, 5.41) is 7.75. The number of imide groups is 1. The molecule has 4 aromatic rings. The number of carbonyl (C=O) groups is 3. The van der Waals surface area contributed by atoms with Crippen LogP contribution in [0.5, 0.6) is 5.75 Å². The van der Waals surface area contributed by atoms with Crippen LogP contribution in [0.2, 0.25) is 0 Å². The standard InChI is InChI=1S/C28H26N4O5/c1-15-25(16(2)31(3)30-15)17-6-8-22-19(9-17)10-23(37-22)28(12-24(33)29-27(28)35)14-32-13-18-5-7-20(36-4)11-21(18)26(32)34/h5-11H,12-14H2,1-4H3,(H,29,33,35)/t28-/m1/s1. The van der Waals surface area contributed by atoms with Crippen LogP contribution >= 0.6 is 0 Å². The number of hydrogen-bond donors (Lipinski definition) is 1. The highest BCUT2D eigenvalue weighted by atomic mass is 16.5. The minimum atomic E-state index is -1.32. The molecule has 9 heteroatoms. The quantitative estimate of drug-likeness (QED) is 0.423. The molecule has 4 heterocycles. The number of carbonyl (C=O) groups excluding carboxylic acids is 3. The number of methoxy groups -OCH3 is 1. The number of hydrogen-bond acceptors (Lipinski definition) is 6. The zero-order valence-electron chi connectivity index (χ0n) is 21.0. The molecule has 6 rings (SSSR count). The third-order valence-corrected chi connectivity index (χ3v) is 7.59. The van der Waals surface area contributed by atoms with Gasteiger partial charge in [0.25, 0.3) is 5.91 Å². The molecule has 1 fully saturated rings. The van der Waals surface area contributed by atoms with Gasteiger partial charge < -0.3 is 14.1 Å². The second kappa shape index (κ2) is 8.06. The lowest BCUT2D eigenvalue weighted by Gasteiger charge is -2.28. The van der Waals surface area contributed by atoms with Gasteiger partial charge in [-0.15, -0.1) is 0 Å². The van der Waals surface area contributed by atoms with Crippen LogP contribution in [0.4, 0.5) is 0 Å². The Morgan fingerprint density at radius 1 is 1.11 bits per heavy atom. The lowest BCUT2D eigenvalue weighted by molar-refractivity contribution is -0.127. The number of ether oxygens (including phenoxy) is 1. The van der Waals surface area contributed by atoms with E-state index < -0.39 is 17.2 Å². The summed E-state index contributed by atoms with van der Waals surface area (Å²) in [6, 6.07) is 13.0. The van der Waals surface area contributed by atoms with Gasteiger partial charge in [-0.3, -0.25) is 24.4 Å². The van der Waals surface area contributed by atoms with Crippen molar-refractivity contribution in [2.75, 3.05) is 13.7 Å². The van der Waals surface area contributed by atoms with E-state index in [0.29, 0.717) is 29.2 Å². The number of fused-ring (bicyclic) bond motifs is 2.